The molecular formula is C22H20N2O3S. The molecule has 1 aromatic heterocycles. The van der Waals surface area contributed by atoms with Crippen molar-refractivity contribution in [1.29, 1.82) is 0 Å². The smallest absolute Gasteiger partial charge is 0.341 e. The lowest BCUT2D eigenvalue weighted by Gasteiger charge is -2.09. The molecule has 1 heterocycles. The number of ether oxygens (including phenoxy) is 1. The average molecular weight is 392 g/mol. The summed E-state index contributed by atoms with van der Waals surface area (Å²) in [6.45, 7) is 0.167. The molecule has 0 saturated heterocycles. The molecule has 0 radical (unpaired) electrons. The molecule has 5 nitrogen and oxygen atoms in total. The van der Waals surface area contributed by atoms with E-state index in [1.165, 1.54) is 11.8 Å². The van der Waals surface area contributed by atoms with Gasteiger partial charge in [-0.25, -0.2) is 9.78 Å². The third-order valence-corrected chi connectivity index (χ3v) is 4.89. The monoisotopic (exact) mass is 392 g/mol. The van der Waals surface area contributed by atoms with E-state index < -0.39 is 5.97 Å². The molecule has 2 aromatic carbocycles. The van der Waals surface area contributed by atoms with Gasteiger partial charge in [-0.2, -0.15) is 0 Å². The van der Waals surface area contributed by atoms with Gasteiger partial charge in [-0.3, -0.25) is 4.79 Å². The summed E-state index contributed by atoms with van der Waals surface area (Å²) in [7, 11) is 0. The van der Waals surface area contributed by atoms with E-state index in [-0.39, 0.29) is 12.5 Å². The molecule has 0 aliphatic heterocycles. The summed E-state index contributed by atoms with van der Waals surface area (Å²) < 4.78 is 5.17. The van der Waals surface area contributed by atoms with Crippen molar-refractivity contribution in [3.05, 3.63) is 90.1 Å². The Hall–Kier alpha value is -3.12. The number of rotatable bonds is 8. The molecule has 0 aliphatic rings. The predicted molar refractivity (Wildman–Crippen MR) is 108 cm³/mol. The molecule has 6 heteroatoms. The molecule has 3 aromatic rings. The Labute approximate surface area is 168 Å². The molecular weight excluding hydrogens is 372 g/mol. The standard InChI is InChI=1S/C22H20N2O3S/c25-20(23-15-13-17-8-3-1-4-9-17)16-27-22(26)19-12-7-14-24-21(19)28-18-10-5-2-6-11-18/h1-12,14H,13,15-16H2,(H,23,25). The van der Waals surface area contributed by atoms with Crippen molar-refractivity contribution >= 4 is 23.6 Å². The van der Waals surface area contributed by atoms with Crippen molar-refractivity contribution in [1.82, 2.24) is 10.3 Å². The normalized spacial score (nSPS) is 10.3. The quantitative estimate of drug-likeness (QED) is 0.592. The molecule has 0 unspecified atom stereocenters. The van der Waals surface area contributed by atoms with Crippen LogP contribution in [0.2, 0.25) is 0 Å². The zero-order valence-electron chi connectivity index (χ0n) is 15.2. The van der Waals surface area contributed by atoms with Crippen LogP contribution in [0.25, 0.3) is 0 Å². The van der Waals surface area contributed by atoms with Gasteiger partial charge in [-0.1, -0.05) is 60.3 Å². The molecule has 0 bridgehead atoms. The highest BCUT2D eigenvalue weighted by Gasteiger charge is 2.16. The van der Waals surface area contributed by atoms with Gasteiger partial charge in [0, 0.05) is 17.6 Å². The third kappa shape index (κ3) is 5.96. The fourth-order valence-electron chi connectivity index (χ4n) is 2.48. The molecule has 0 saturated carbocycles. The van der Waals surface area contributed by atoms with Crippen LogP contribution in [-0.2, 0) is 16.0 Å². The van der Waals surface area contributed by atoms with Gasteiger partial charge in [-0.15, -0.1) is 0 Å². The molecule has 28 heavy (non-hydrogen) atoms. The minimum Gasteiger partial charge on any atom is -0.452 e. The fraction of sp³-hybridized carbons (Fsp3) is 0.136. The topological polar surface area (TPSA) is 68.3 Å². The summed E-state index contributed by atoms with van der Waals surface area (Å²) in [5, 5.41) is 3.30. The van der Waals surface area contributed by atoms with E-state index in [4.69, 9.17) is 4.74 Å². The van der Waals surface area contributed by atoms with Crippen LogP contribution in [0.3, 0.4) is 0 Å². The van der Waals surface area contributed by atoms with Crippen LogP contribution in [-0.4, -0.2) is 30.0 Å². The number of nitrogens with zero attached hydrogens (tertiary/aromatic N) is 1. The van der Waals surface area contributed by atoms with Crippen molar-refractivity contribution in [2.75, 3.05) is 13.2 Å². The maximum Gasteiger partial charge on any atom is 0.341 e. The number of aromatic nitrogens is 1. The van der Waals surface area contributed by atoms with Gasteiger partial charge in [0.15, 0.2) is 6.61 Å². The Morgan fingerprint density at radius 2 is 1.64 bits per heavy atom. The van der Waals surface area contributed by atoms with Crippen LogP contribution in [0, 0.1) is 0 Å². The number of nitrogens with one attached hydrogen (secondary N) is 1. The van der Waals surface area contributed by atoms with Crippen LogP contribution in [0.15, 0.2) is 88.9 Å². The van der Waals surface area contributed by atoms with Gasteiger partial charge < -0.3 is 10.1 Å². The summed E-state index contributed by atoms with van der Waals surface area (Å²) in [6.07, 6.45) is 2.35. The first kappa shape index (κ1) is 19.6. The van der Waals surface area contributed by atoms with Crippen LogP contribution in [0.5, 0.6) is 0 Å². The van der Waals surface area contributed by atoms with Gasteiger partial charge >= 0.3 is 5.97 Å². The Balaban J connectivity index is 1.50. The molecule has 0 fully saturated rings. The summed E-state index contributed by atoms with van der Waals surface area (Å²) in [5.41, 5.74) is 1.48. The van der Waals surface area contributed by atoms with Crippen LogP contribution < -0.4 is 5.32 Å². The highest BCUT2D eigenvalue weighted by molar-refractivity contribution is 7.99. The molecule has 142 valence electrons. The van der Waals surface area contributed by atoms with Crippen molar-refractivity contribution < 1.29 is 14.3 Å². The zero-order valence-corrected chi connectivity index (χ0v) is 16.0. The summed E-state index contributed by atoms with van der Waals surface area (Å²) >= 11 is 1.38. The molecule has 1 N–H and O–H groups in total. The van der Waals surface area contributed by atoms with E-state index >= 15 is 0 Å². The van der Waals surface area contributed by atoms with E-state index in [9.17, 15) is 9.59 Å². The molecule has 3 rings (SSSR count). The Morgan fingerprint density at radius 1 is 0.929 bits per heavy atom. The lowest BCUT2D eigenvalue weighted by atomic mass is 10.1. The number of hydrogen-bond donors (Lipinski definition) is 1. The second-order valence-corrected chi connectivity index (χ2v) is 7.00. The number of benzene rings is 2. The lowest BCUT2D eigenvalue weighted by Crippen LogP contribution is -2.30. The highest BCUT2D eigenvalue weighted by Crippen LogP contribution is 2.28. The first-order chi connectivity index (χ1) is 13.7. The minimum absolute atomic E-state index is 0.321. The lowest BCUT2D eigenvalue weighted by molar-refractivity contribution is -0.124. The molecule has 1 amide bonds. The number of carbonyl (C=O) groups is 2. The maximum atomic E-state index is 12.4. The first-order valence-corrected chi connectivity index (χ1v) is 9.69. The van der Waals surface area contributed by atoms with Crippen LogP contribution in [0.4, 0.5) is 0 Å². The van der Waals surface area contributed by atoms with Crippen molar-refractivity contribution in [3.8, 4) is 0 Å². The number of hydrogen-bond acceptors (Lipinski definition) is 5. The zero-order chi connectivity index (χ0) is 19.6. The van der Waals surface area contributed by atoms with Gasteiger partial charge in [0.1, 0.15) is 5.03 Å². The van der Waals surface area contributed by atoms with Crippen molar-refractivity contribution in [2.24, 2.45) is 0 Å². The van der Waals surface area contributed by atoms with Crippen molar-refractivity contribution in [2.45, 2.75) is 16.3 Å². The Bertz CT molecular complexity index is 917. The first-order valence-electron chi connectivity index (χ1n) is 8.88. The van der Waals surface area contributed by atoms with Crippen LogP contribution in [0.1, 0.15) is 15.9 Å². The van der Waals surface area contributed by atoms with E-state index in [1.54, 1.807) is 18.3 Å². The number of carbonyl (C=O) groups excluding carboxylic acids is 2. The Morgan fingerprint density at radius 3 is 2.39 bits per heavy atom. The summed E-state index contributed by atoms with van der Waals surface area (Å²) in [5.74, 6) is -0.893. The molecule has 0 spiro atoms. The minimum atomic E-state index is -0.565. The number of pyridine rings is 1. The molecule has 0 atom stereocenters. The molecule has 0 aliphatic carbocycles. The van der Waals surface area contributed by atoms with Gasteiger partial charge in [0.2, 0.25) is 0 Å². The fourth-order valence-corrected chi connectivity index (χ4v) is 3.37. The second kappa shape index (κ2) is 10.3. The predicted octanol–water partition coefficient (Wildman–Crippen LogP) is 3.75. The average Bonchev–Trinajstić information content (AvgIpc) is 2.74. The largest absolute Gasteiger partial charge is 0.452 e. The SMILES string of the molecule is O=C(COC(=O)c1cccnc1Sc1ccccc1)NCCc1ccccc1. The van der Waals surface area contributed by atoms with Gasteiger partial charge in [-0.05, 0) is 36.2 Å². The van der Waals surface area contributed by atoms with Crippen LogP contribution >= 0.6 is 11.8 Å². The Kier molecular flexibility index (Phi) is 7.21. The van der Waals surface area contributed by atoms with E-state index in [0.29, 0.717) is 17.1 Å². The number of esters is 1. The van der Waals surface area contributed by atoms with Crippen molar-refractivity contribution in [3.63, 3.8) is 0 Å². The van der Waals surface area contributed by atoms with Gasteiger partial charge in [0.25, 0.3) is 5.91 Å². The summed E-state index contributed by atoms with van der Waals surface area (Å²) in [6, 6.07) is 22.8. The van der Waals surface area contributed by atoms with E-state index in [2.05, 4.69) is 10.3 Å². The van der Waals surface area contributed by atoms with E-state index in [0.717, 1.165) is 16.9 Å². The third-order valence-electron chi connectivity index (χ3n) is 3.86. The van der Waals surface area contributed by atoms with E-state index in [1.807, 2.05) is 60.7 Å². The second-order valence-electron chi connectivity index (χ2n) is 5.93. The number of amides is 1. The van der Waals surface area contributed by atoms with Gasteiger partial charge in [0.05, 0.1) is 5.56 Å². The highest BCUT2D eigenvalue weighted by atomic mass is 32.2. The summed E-state index contributed by atoms with van der Waals surface area (Å²) in [4.78, 5) is 29.6. The maximum absolute atomic E-state index is 12.4.